The third-order valence-electron chi connectivity index (χ3n) is 1.87. The molecule has 5 nitrogen and oxygen atoms in total. The lowest BCUT2D eigenvalue weighted by atomic mass is 10.1. The van der Waals surface area contributed by atoms with Crippen molar-refractivity contribution in [2.75, 3.05) is 0 Å². The van der Waals surface area contributed by atoms with E-state index in [-0.39, 0.29) is 6.42 Å². The number of benzene rings is 1. The minimum absolute atomic E-state index is 0.253. The van der Waals surface area contributed by atoms with Crippen LogP contribution in [0.5, 0.6) is 0 Å². The highest BCUT2D eigenvalue weighted by molar-refractivity contribution is 6.30. The van der Waals surface area contributed by atoms with Crippen molar-refractivity contribution < 1.29 is 14.3 Å². The molecule has 16 heavy (non-hydrogen) atoms. The van der Waals surface area contributed by atoms with Crippen LogP contribution in [0.2, 0.25) is 5.02 Å². The summed E-state index contributed by atoms with van der Waals surface area (Å²) < 4.78 is 4.16. The maximum Gasteiger partial charge on any atom is 0.412 e. The molecule has 4 N–H and O–H groups in total. The molecule has 1 aromatic rings. The van der Waals surface area contributed by atoms with Crippen molar-refractivity contribution in [3.63, 3.8) is 0 Å². The van der Waals surface area contributed by atoms with Gasteiger partial charge in [-0.1, -0.05) is 23.7 Å². The van der Waals surface area contributed by atoms with Gasteiger partial charge in [0.05, 0.1) is 0 Å². The van der Waals surface area contributed by atoms with Gasteiger partial charge < -0.3 is 16.2 Å². The molecule has 0 aliphatic carbocycles. The molecule has 1 amide bonds. The predicted octanol–water partition coefficient (Wildman–Crippen LogP) is 0.832. The van der Waals surface area contributed by atoms with Gasteiger partial charge >= 0.3 is 12.1 Å². The van der Waals surface area contributed by atoms with Crippen molar-refractivity contribution in [3.8, 4) is 0 Å². The molecule has 0 saturated heterocycles. The Labute approximate surface area is 97.3 Å². The quantitative estimate of drug-likeness (QED) is 0.606. The Morgan fingerprint density at radius 2 is 1.88 bits per heavy atom. The van der Waals surface area contributed by atoms with Gasteiger partial charge in [0, 0.05) is 5.02 Å². The monoisotopic (exact) mass is 242 g/mol. The highest BCUT2D eigenvalue weighted by atomic mass is 35.5. The highest BCUT2D eigenvalue weighted by Crippen LogP contribution is 2.10. The molecule has 0 heterocycles. The van der Waals surface area contributed by atoms with Crippen molar-refractivity contribution in [1.82, 2.24) is 0 Å². The topological polar surface area (TPSA) is 95.4 Å². The van der Waals surface area contributed by atoms with Gasteiger partial charge in [0.15, 0.2) is 0 Å². The van der Waals surface area contributed by atoms with Crippen LogP contribution < -0.4 is 11.5 Å². The van der Waals surface area contributed by atoms with Crippen molar-refractivity contribution >= 4 is 23.7 Å². The summed E-state index contributed by atoms with van der Waals surface area (Å²) in [4.78, 5) is 21.5. The molecule has 0 spiro atoms. The Hall–Kier alpha value is -1.59. The molecule has 86 valence electrons. The Morgan fingerprint density at radius 3 is 2.38 bits per heavy atom. The number of halogens is 1. The molecular weight excluding hydrogens is 232 g/mol. The molecule has 0 aliphatic rings. The molecule has 0 fully saturated rings. The second kappa shape index (κ2) is 5.48. The van der Waals surface area contributed by atoms with Crippen LogP contribution in [0.15, 0.2) is 24.3 Å². The van der Waals surface area contributed by atoms with Crippen LogP contribution in [0.1, 0.15) is 5.56 Å². The van der Waals surface area contributed by atoms with E-state index in [9.17, 15) is 9.59 Å². The summed E-state index contributed by atoms with van der Waals surface area (Å²) in [6.45, 7) is 0. The summed E-state index contributed by atoms with van der Waals surface area (Å²) in [7, 11) is 0. The summed E-state index contributed by atoms with van der Waals surface area (Å²) in [6.07, 6.45) is -0.903. The number of nitrogens with two attached hydrogens (primary N) is 2. The SMILES string of the molecule is NC(=O)OC(=O)[C@H](N)Cc1ccc(Cl)cc1. The van der Waals surface area contributed by atoms with Crippen LogP contribution in [0, 0.1) is 0 Å². The van der Waals surface area contributed by atoms with Gasteiger partial charge in [-0.05, 0) is 24.1 Å². The van der Waals surface area contributed by atoms with Crippen LogP contribution in [0.3, 0.4) is 0 Å². The second-order valence-corrected chi connectivity index (χ2v) is 3.61. The van der Waals surface area contributed by atoms with Crippen LogP contribution in [0.25, 0.3) is 0 Å². The van der Waals surface area contributed by atoms with Crippen molar-refractivity contribution in [2.24, 2.45) is 11.5 Å². The first kappa shape index (κ1) is 12.5. The highest BCUT2D eigenvalue weighted by Gasteiger charge is 2.17. The van der Waals surface area contributed by atoms with Crippen molar-refractivity contribution in [2.45, 2.75) is 12.5 Å². The van der Waals surface area contributed by atoms with Gasteiger partial charge in [-0.3, -0.25) is 0 Å². The maximum atomic E-state index is 11.2. The number of carbonyl (C=O) groups excluding carboxylic acids is 2. The number of primary amides is 1. The minimum atomic E-state index is -1.16. The zero-order valence-electron chi connectivity index (χ0n) is 8.35. The van der Waals surface area contributed by atoms with E-state index >= 15 is 0 Å². The standard InChI is InChI=1S/C10H11ClN2O3/c11-7-3-1-6(2-4-7)5-8(12)9(14)16-10(13)15/h1-4,8H,5,12H2,(H2,13,15)/t8-/m1/s1. The van der Waals surface area contributed by atoms with Gasteiger partial charge in [0.2, 0.25) is 0 Å². The smallest absolute Gasteiger partial charge is 0.375 e. The van der Waals surface area contributed by atoms with E-state index in [0.29, 0.717) is 5.02 Å². The zero-order valence-corrected chi connectivity index (χ0v) is 9.11. The number of carbonyl (C=O) groups is 2. The Bertz CT molecular complexity index is 392. The molecule has 1 rings (SSSR count). The fraction of sp³-hybridized carbons (Fsp3) is 0.200. The largest absolute Gasteiger partial charge is 0.412 e. The lowest BCUT2D eigenvalue weighted by molar-refractivity contribution is -0.138. The summed E-state index contributed by atoms with van der Waals surface area (Å²) >= 11 is 5.70. The number of rotatable bonds is 3. The molecule has 6 heteroatoms. The maximum absolute atomic E-state index is 11.2. The number of esters is 1. The molecule has 0 saturated carbocycles. The average molecular weight is 243 g/mol. The summed E-state index contributed by atoms with van der Waals surface area (Å²) in [6, 6.07) is 5.92. The predicted molar refractivity (Wildman–Crippen MR) is 58.8 cm³/mol. The lowest BCUT2D eigenvalue weighted by Crippen LogP contribution is -2.36. The van der Waals surface area contributed by atoms with Crippen molar-refractivity contribution in [1.29, 1.82) is 0 Å². The number of hydrogen-bond acceptors (Lipinski definition) is 4. The Morgan fingerprint density at radius 1 is 1.31 bits per heavy atom. The van der Waals surface area contributed by atoms with Crippen LogP contribution in [0.4, 0.5) is 4.79 Å². The van der Waals surface area contributed by atoms with E-state index in [2.05, 4.69) is 10.5 Å². The molecule has 0 bridgehead atoms. The molecule has 1 atom stereocenters. The number of ether oxygens (including phenoxy) is 1. The average Bonchev–Trinajstić information content (AvgIpc) is 2.20. The van der Waals surface area contributed by atoms with E-state index in [1.807, 2.05) is 0 Å². The van der Waals surface area contributed by atoms with Crippen molar-refractivity contribution in [3.05, 3.63) is 34.9 Å². The molecule has 0 unspecified atom stereocenters. The fourth-order valence-electron chi connectivity index (χ4n) is 1.13. The minimum Gasteiger partial charge on any atom is -0.375 e. The Kier molecular flexibility index (Phi) is 4.28. The summed E-state index contributed by atoms with van der Waals surface area (Å²) in [5.74, 6) is -0.845. The van der Waals surface area contributed by atoms with E-state index in [1.54, 1.807) is 24.3 Å². The van der Waals surface area contributed by atoms with Crippen LogP contribution in [-0.2, 0) is 16.0 Å². The van der Waals surface area contributed by atoms with E-state index in [0.717, 1.165) is 5.56 Å². The number of hydrogen-bond donors (Lipinski definition) is 2. The van der Waals surface area contributed by atoms with Gasteiger partial charge in [0.25, 0.3) is 0 Å². The first-order chi connectivity index (χ1) is 7.49. The molecular formula is C10H11ClN2O3. The Balaban J connectivity index is 2.57. The number of amides is 1. The van der Waals surface area contributed by atoms with Gasteiger partial charge in [-0.15, -0.1) is 0 Å². The fourth-order valence-corrected chi connectivity index (χ4v) is 1.26. The normalized spacial score (nSPS) is 11.9. The summed E-state index contributed by atoms with van der Waals surface area (Å²) in [5.41, 5.74) is 11.0. The summed E-state index contributed by atoms with van der Waals surface area (Å²) in [5, 5.41) is 0.594. The van der Waals surface area contributed by atoms with E-state index in [1.165, 1.54) is 0 Å². The third-order valence-corrected chi connectivity index (χ3v) is 2.12. The first-order valence-corrected chi connectivity index (χ1v) is 4.88. The lowest BCUT2D eigenvalue weighted by Gasteiger charge is -2.09. The van der Waals surface area contributed by atoms with E-state index in [4.69, 9.17) is 17.3 Å². The molecule has 0 radical (unpaired) electrons. The van der Waals surface area contributed by atoms with Crippen LogP contribution in [-0.4, -0.2) is 18.1 Å². The van der Waals surface area contributed by atoms with Gasteiger partial charge in [-0.25, -0.2) is 9.59 Å². The molecule has 1 aromatic carbocycles. The second-order valence-electron chi connectivity index (χ2n) is 3.18. The van der Waals surface area contributed by atoms with Crippen LogP contribution >= 0.6 is 11.6 Å². The third kappa shape index (κ3) is 3.88. The first-order valence-electron chi connectivity index (χ1n) is 4.50. The van der Waals surface area contributed by atoms with Gasteiger partial charge in [-0.2, -0.15) is 0 Å². The zero-order chi connectivity index (χ0) is 12.1. The van der Waals surface area contributed by atoms with E-state index < -0.39 is 18.1 Å². The molecule has 0 aliphatic heterocycles. The molecule has 0 aromatic heterocycles. The van der Waals surface area contributed by atoms with Gasteiger partial charge in [0.1, 0.15) is 6.04 Å².